The lowest BCUT2D eigenvalue weighted by Crippen LogP contribution is -2.36. The largest absolute Gasteiger partial charge is 0.359 e. The lowest BCUT2D eigenvalue weighted by atomic mass is 10.1. The smallest absolute Gasteiger partial charge is 0.191 e. The Labute approximate surface area is 158 Å². The van der Waals surface area contributed by atoms with E-state index in [1.807, 2.05) is 37.3 Å². The molecule has 0 spiro atoms. The first-order chi connectivity index (χ1) is 13.2. The van der Waals surface area contributed by atoms with E-state index in [0.717, 1.165) is 35.2 Å². The van der Waals surface area contributed by atoms with Crippen molar-refractivity contribution in [2.75, 3.05) is 6.54 Å². The molecule has 27 heavy (non-hydrogen) atoms. The molecule has 0 atom stereocenters. The fraction of sp³-hybridized carbons (Fsp3) is 0.368. The fourth-order valence-corrected chi connectivity index (χ4v) is 2.46. The van der Waals surface area contributed by atoms with Crippen LogP contribution in [0.4, 0.5) is 0 Å². The van der Waals surface area contributed by atoms with Gasteiger partial charge in [0.1, 0.15) is 12.7 Å². The Morgan fingerprint density at radius 2 is 2.04 bits per heavy atom. The van der Waals surface area contributed by atoms with E-state index in [0.29, 0.717) is 19.0 Å². The van der Waals surface area contributed by atoms with Crippen molar-refractivity contribution in [3.05, 3.63) is 60.0 Å². The quantitative estimate of drug-likeness (QED) is 0.493. The van der Waals surface area contributed by atoms with Gasteiger partial charge in [0.15, 0.2) is 11.7 Å². The van der Waals surface area contributed by atoms with Crippen LogP contribution >= 0.6 is 0 Å². The summed E-state index contributed by atoms with van der Waals surface area (Å²) >= 11 is 0. The molecule has 8 heteroatoms. The average Bonchev–Trinajstić information content (AvgIpc) is 3.36. The number of rotatable bonds is 7. The van der Waals surface area contributed by atoms with Gasteiger partial charge in [0, 0.05) is 12.6 Å². The number of hydrogen-bond donors (Lipinski definition) is 2. The van der Waals surface area contributed by atoms with E-state index in [4.69, 9.17) is 4.52 Å². The molecule has 0 saturated heterocycles. The summed E-state index contributed by atoms with van der Waals surface area (Å²) in [5, 5.41) is 14.7. The van der Waals surface area contributed by atoms with E-state index in [1.165, 1.54) is 6.33 Å². The zero-order valence-corrected chi connectivity index (χ0v) is 15.9. The van der Waals surface area contributed by atoms with E-state index in [2.05, 4.69) is 44.7 Å². The van der Waals surface area contributed by atoms with Crippen molar-refractivity contribution in [1.29, 1.82) is 0 Å². The molecule has 0 bridgehead atoms. The summed E-state index contributed by atoms with van der Waals surface area (Å²) in [5.74, 6) is 1.88. The Balaban J connectivity index is 1.59. The lowest BCUT2D eigenvalue weighted by molar-refractivity contribution is 0.372. The Morgan fingerprint density at radius 3 is 2.67 bits per heavy atom. The molecule has 0 aliphatic rings. The minimum Gasteiger partial charge on any atom is -0.359 e. The molecular formula is C19H25N7O. The number of aromatic nitrogens is 4. The van der Waals surface area contributed by atoms with Crippen LogP contribution in [-0.4, -0.2) is 32.4 Å². The van der Waals surface area contributed by atoms with Gasteiger partial charge in [-0.1, -0.05) is 31.1 Å². The van der Waals surface area contributed by atoms with Crippen LogP contribution in [0.5, 0.6) is 0 Å². The van der Waals surface area contributed by atoms with Crippen LogP contribution in [-0.2, 0) is 13.1 Å². The third-order valence-electron chi connectivity index (χ3n) is 3.98. The van der Waals surface area contributed by atoms with Gasteiger partial charge < -0.3 is 15.2 Å². The Kier molecular flexibility index (Phi) is 6.19. The van der Waals surface area contributed by atoms with Gasteiger partial charge in [-0.05, 0) is 30.5 Å². The topological polar surface area (TPSA) is 93.2 Å². The SMILES string of the molecule is CCNC(=NCc1ccc(-n2cncn2)cc1)NCc1cc(C(C)C)no1. The second-order valence-corrected chi connectivity index (χ2v) is 6.43. The molecule has 3 rings (SSSR count). The average molecular weight is 367 g/mol. The van der Waals surface area contributed by atoms with Crippen LogP contribution in [0.25, 0.3) is 5.69 Å². The molecule has 1 aromatic carbocycles. The zero-order chi connectivity index (χ0) is 19.1. The Bertz CT molecular complexity index is 851. The maximum absolute atomic E-state index is 5.36. The summed E-state index contributed by atoms with van der Waals surface area (Å²) in [6, 6.07) is 10.1. The van der Waals surface area contributed by atoms with E-state index >= 15 is 0 Å². The fourth-order valence-electron chi connectivity index (χ4n) is 2.46. The van der Waals surface area contributed by atoms with E-state index in [9.17, 15) is 0 Å². The maximum atomic E-state index is 5.36. The van der Waals surface area contributed by atoms with Crippen LogP contribution < -0.4 is 10.6 Å². The Hall–Kier alpha value is -3.16. The normalized spacial score (nSPS) is 11.8. The number of benzene rings is 1. The molecule has 2 N–H and O–H groups in total. The molecule has 8 nitrogen and oxygen atoms in total. The van der Waals surface area contributed by atoms with E-state index in [-0.39, 0.29) is 0 Å². The predicted molar refractivity (Wildman–Crippen MR) is 104 cm³/mol. The molecule has 0 radical (unpaired) electrons. The molecule has 0 aliphatic carbocycles. The summed E-state index contributed by atoms with van der Waals surface area (Å²) in [6.45, 7) is 8.11. The van der Waals surface area contributed by atoms with Crippen molar-refractivity contribution >= 4 is 5.96 Å². The standard InChI is InChI=1S/C19H25N7O/c1-4-21-19(23-11-17-9-18(14(2)3)25-27-17)22-10-15-5-7-16(8-6-15)26-13-20-12-24-26/h5-9,12-14H,4,10-11H2,1-3H3,(H2,21,22,23). The molecule has 142 valence electrons. The van der Waals surface area contributed by atoms with Crippen LogP contribution in [0.1, 0.15) is 43.7 Å². The van der Waals surface area contributed by atoms with Gasteiger partial charge in [0.25, 0.3) is 0 Å². The third-order valence-corrected chi connectivity index (χ3v) is 3.98. The predicted octanol–water partition coefficient (Wildman–Crippen LogP) is 2.63. The van der Waals surface area contributed by atoms with Crippen LogP contribution in [0.2, 0.25) is 0 Å². The second-order valence-electron chi connectivity index (χ2n) is 6.43. The van der Waals surface area contributed by atoms with Gasteiger partial charge in [-0.3, -0.25) is 0 Å². The van der Waals surface area contributed by atoms with Crippen molar-refractivity contribution < 1.29 is 4.52 Å². The Morgan fingerprint density at radius 1 is 1.22 bits per heavy atom. The van der Waals surface area contributed by atoms with Crippen molar-refractivity contribution in [2.24, 2.45) is 4.99 Å². The highest BCUT2D eigenvalue weighted by Gasteiger charge is 2.08. The molecular weight excluding hydrogens is 342 g/mol. The summed E-state index contributed by atoms with van der Waals surface area (Å²) in [7, 11) is 0. The van der Waals surface area contributed by atoms with Gasteiger partial charge in [0.2, 0.25) is 0 Å². The van der Waals surface area contributed by atoms with Crippen molar-refractivity contribution in [2.45, 2.75) is 39.8 Å². The molecule has 0 amide bonds. The summed E-state index contributed by atoms with van der Waals surface area (Å²) in [5.41, 5.74) is 3.04. The first-order valence-electron chi connectivity index (χ1n) is 9.07. The highest BCUT2D eigenvalue weighted by atomic mass is 16.5. The number of hydrogen-bond acceptors (Lipinski definition) is 5. The van der Waals surface area contributed by atoms with Gasteiger partial charge in [-0.15, -0.1) is 0 Å². The summed E-state index contributed by atoms with van der Waals surface area (Å²) in [4.78, 5) is 8.59. The lowest BCUT2D eigenvalue weighted by Gasteiger charge is -2.10. The maximum Gasteiger partial charge on any atom is 0.191 e. The number of aliphatic imine (C=N–C) groups is 1. The van der Waals surface area contributed by atoms with Crippen LogP contribution in [0.3, 0.4) is 0 Å². The molecule has 0 aliphatic heterocycles. The highest BCUT2D eigenvalue weighted by Crippen LogP contribution is 2.13. The molecule has 2 aromatic heterocycles. The number of nitrogens with zero attached hydrogens (tertiary/aromatic N) is 5. The molecule has 2 heterocycles. The van der Waals surface area contributed by atoms with Crippen molar-refractivity contribution in [3.8, 4) is 5.69 Å². The van der Waals surface area contributed by atoms with Crippen LogP contribution in [0, 0.1) is 0 Å². The van der Waals surface area contributed by atoms with Gasteiger partial charge in [0.05, 0.1) is 24.5 Å². The molecule has 0 saturated carbocycles. The summed E-state index contributed by atoms with van der Waals surface area (Å²) in [6.07, 6.45) is 3.19. The minimum atomic E-state index is 0.352. The molecule has 3 aromatic rings. The van der Waals surface area contributed by atoms with Gasteiger partial charge in [-0.25, -0.2) is 14.7 Å². The van der Waals surface area contributed by atoms with Crippen molar-refractivity contribution in [3.63, 3.8) is 0 Å². The van der Waals surface area contributed by atoms with E-state index < -0.39 is 0 Å². The molecule has 0 unspecified atom stereocenters. The molecule has 0 fully saturated rings. The van der Waals surface area contributed by atoms with E-state index in [1.54, 1.807) is 11.0 Å². The summed E-state index contributed by atoms with van der Waals surface area (Å²) < 4.78 is 7.08. The van der Waals surface area contributed by atoms with Crippen LogP contribution in [0.15, 0.2) is 52.5 Å². The monoisotopic (exact) mass is 367 g/mol. The zero-order valence-electron chi connectivity index (χ0n) is 15.9. The second kappa shape index (κ2) is 8.98. The first-order valence-corrected chi connectivity index (χ1v) is 9.07. The highest BCUT2D eigenvalue weighted by molar-refractivity contribution is 5.79. The third kappa shape index (κ3) is 5.16. The minimum absolute atomic E-state index is 0.352. The van der Waals surface area contributed by atoms with Crippen molar-refractivity contribution in [1.82, 2.24) is 30.6 Å². The number of guanidine groups is 1. The first kappa shape index (κ1) is 18.6. The van der Waals surface area contributed by atoms with Gasteiger partial charge >= 0.3 is 0 Å². The number of nitrogens with one attached hydrogen (secondary N) is 2. The van der Waals surface area contributed by atoms with Gasteiger partial charge in [-0.2, -0.15) is 5.10 Å².